The Morgan fingerprint density at radius 1 is 1.26 bits per heavy atom. The SMILES string of the molecule is N#CCc1ccc(S(=O)(=O)N2CCCC(=O)C2)cc1. The Hall–Kier alpha value is -1.71. The van der Waals surface area contributed by atoms with E-state index >= 15 is 0 Å². The number of hydrogen-bond acceptors (Lipinski definition) is 4. The zero-order valence-electron chi connectivity index (χ0n) is 10.4. The third kappa shape index (κ3) is 3.00. The van der Waals surface area contributed by atoms with Gasteiger partial charge in [-0.1, -0.05) is 12.1 Å². The second-order valence-electron chi connectivity index (χ2n) is 4.46. The van der Waals surface area contributed by atoms with Crippen LogP contribution in [0.5, 0.6) is 0 Å². The highest BCUT2D eigenvalue weighted by molar-refractivity contribution is 7.89. The van der Waals surface area contributed by atoms with E-state index in [0.717, 1.165) is 5.56 Å². The first kappa shape index (κ1) is 13.7. The molecule has 0 N–H and O–H groups in total. The summed E-state index contributed by atoms with van der Waals surface area (Å²) in [5, 5.41) is 8.57. The maximum absolute atomic E-state index is 12.3. The van der Waals surface area contributed by atoms with Crippen molar-refractivity contribution >= 4 is 15.8 Å². The fraction of sp³-hybridized carbons (Fsp3) is 0.385. The van der Waals surface area contributed by atoms with Gasteiger partial charge in [-0.25, -0.2) is 8.42 Å². The molecule has 0 bridgehead atoms. The third-order valence-corrected chi connectivity index (χ3v) is 4.92. The summed E-state index contributed by atoms with van der Waals surface area (Å²) in [4.78, 5) is 11.5. The van der Waals surface area contributed by atoms with Gasteiger partial charge >= 0.3 is 0 Å². The van der Waals surface area contributed by atoms with Crippen molar-refractivity contribution in [1.29, 1.82) is 5.26 Å². The van der Waals surface area contributed by atoms with Crippen LogP contribution in [0.4, 0.5) is 0 Å². The van der Waals surface area contributed by atoms with Crippen molar-refractivity contribution in [2.24, 2.45) is 0 Å². The molecule has 0 aromatic heterocycles. The maximum atomic E-state index is 12.3. The van der Waals surface area contributed by atoms with E-state index in [1.165, 1.54) is 16.4 Å². The van der Waals surface area contributed by atoms with Gasteiger partial charge in [0.2, 0.25) is 10.0 Å². The molecule has 2 rings (SSSR count). The number of Topliss-reactive ketones (excluding diaryl/α,β-unsaturated/α-hetero) is 1. The number of carbonyl (C=O) groups excluding carboxylic acids is 1. The number of hydrogen-bond donors (Lipinski definition) is 0. The quantitative estimate of drug-likeness (QED) is 0.829. The first-order chi connectivity index (χ1) is 9.04. The van der Waals surface area contributed by atoms with Crippen LogP contribution in [0.2, 0.25) is 0 Å². The largest absolute Gasteiger partial charge is 0.298 e. The zero-order chi connectivity index (χ0) is 13.9. The Morgan fingerprint density at radius 3 is 2.53 bits per heavy atom. The third-order valence-electron chi connectivity index (χ3n) is 3.06. The van der Waals surface area contributed by atoms with Gasteiger partial charge in [0, 0.05) is 13.0 Å². The monoisotopic (exact) mass is 278 g/mol. The van der Waals surface area contributed by atoms with Crippen molar-refractivity contribution < 1.29 is 13.2 Å². The molecule has 6 heteroatoms. The van der Waals surface area contributed by atoms with E-state index < -0.39 is 10.0 Å². The molecule has 5 nitrogen and oxygen atoms in total. The molecule has 0 radical (unpaired) electrons. The van der Waals surface area contributed by atoms with Gasteiger partial charge in [-0.3, -0.25) is 4.79 Å². The molecule has 1 fully saturated rings. The molecule has 1 saturated heterocycles. The average molecular weight is 278 g/mol. The predicted molar refractivity (Wildman–Crippen MR) is 68.8 cm³/mol. The van der Waals surface area contributed by atoms with Gasteiger partial charge in [0.25, 0.3) is 0 Å². The highest BCUT2D eigenvalue weighted by Crippen LogP contribution is 2.19. The summed E-state index contributed by atoms with van der Waals surface area (Å²) in [6.45, 7) is 0.344. The fourth-order valence-corrected chi connectivity index (χ4v) is 3.49. The van der Waals surface area contributed by atoms with Crippen molar-refractivity contribution in [3.8, 4) is 6.07 Å². The Kier molecular flexibility index (Phi) is 3.98. The van der Waals surface area contributed by atoms with Crippen LogP contribution in [0.1, 0.15) is 18.4 Å². The maximum Gasteiger partial charge on any atom is 0.243 e. The Bertz CT molecular complexity index is 614. The minimum absolute atomic E-state index is 0.0394. The van der Waals surface area contributed by atoms with Crippen LogP contribution in [0, 0.1) is 11.3 Å². The number of nitrogens with zero attached hydrogens (tertiary/aromatic N) is 2. The topological polar surface area (TPSA) is 78.2 Å². The van der Waals surface area contributed by atoms with Gasteiger partial charge in [0.15, 0.2) is 0 Å². The summed E-state index contributed by atoms with van der Waals surface area (Å²) in [5.41, 5.74) is 0.774. The minimum atomic E-state index is -3.60. The van der Waals surface area contributed by atoms with Crippen LogP contribution in [0.15, 0.2) is 29.2 Å². The Balaban J connectivity index is 2.24. The molecule has 19 heavy (non-hydrogen) atoms. The average Bonchev–Trinajstić information content (AvgIpc) is 2.40. The minimum Gasteiger partial charge on any atom is -0.298 e. The van der Waals surface area contributed by atoms with Crippen LogP contribution in [0.25, 0.3) is 0 Å². The molecule has 0 spiro atoms. The molecule has 100 valence electrons. The summed E-state index contributed by atoms with van der Waals surface area (Å²) in [5.74, 6) is -0.0454. The van der Waals surface area contributed by atoms with Crippen molar-refractivity contribution in [2.45, 2.75) is 24.2 Å². The van der Waals surface area contributed by atoms with E-state index in [4.69, 9.17) is 5.26 Å². The van der Waals surface area contributed by atoms with Crippen LogP contribution in [0.3, 0.4) is 0 Å². The lowest BCUT2D eigenvalue weighted by molar-refractivity contribution is -0.120. The number of rotatable bonds is 3. The van der Waals surface area contributed by atoms with Gasteiger partial charge in [-0.15, -0.1) is 0 Å². The van der Waals surface area contributed by atoms with E-state index in [-0.39, 0.29) is 23.6 Å². The van der Waals surface area contributed by atoms with E-state index in [0.29, 0.717) is 19.4 Å². The summed E-state index contributed by atoms with van der Waals surface area (Å²) in [6, 6.07) is 8.23. The lowest BCUT2D eigenvalue weighted by Gasteiger charge is -2.25. The second-order valence-corrected chi connectivity index (χ2v) is 6.40. The summed E-state index contributed by atoms with van der Waals surface area (Å²) in [6.07, 6.45) is 1.28. The summed E-state index contributed by atoms with van der Waals surface area (Å²) in [7, 11) is -3.60. The van der Waals surface area contributed by atoms with E-state index in [1.54, 1.807) is 12.1 Å². The number of ketones is 1. The van der Waals surface area contributed by atoms with E-state index in [2.05, 4.69) is 0 Å². The van der Waals surface area contributed by atoms with Crippen molar-refractivity contribution in [3.63, 3.8) is 0 Å². The number of nitriles is 1. The second kappa shape index (κ2) is 5.51. The number of benzene rings is 1. The van der Waals surface area contributed by atoms with Gasteiger partial charge in [0.1, 0.15) is 5.78 Å². The lowest BCUT2D eigenvalue weighted by atomic mass is 10.1. The van der Waals surface area contributed by atoms with Crippen LogP contribution in [-0.2, 0) is 21.2 Å². The normalized spacial score (nSPS) is 17.1. The molecule has 1 aliphatic rings. The highest BCUT2D eigenvalue weighted by Gasteiger charge is 2.28. The van der Waals surface area contributed by atoms with Gasteiger partial charge < -0.3 is 0 Å². The Morgan fingerprint density at radius 2 is 1.95 bits per heavy atom. The lowest BCUT2D eigenvalue weighted by Crippen LogP contribution is -2.40. The van der Waals surface area contributed by atoms with Crippen molar-refractivity contribution in [1.82, 2.24) is 4.31 Å². The Labute approximate surface area is 112 Å². The molecule has 0 saturated carbocycles. The fourth-order valence-electron chi connectivity index (χ4n) is 2.03. The van der Waals surface area contributed by atoms with Crippen LogP contribution in [-0.4, -0.2) is 31.6 Å². The van der Waals surface area contributed by atoms with Gasteiger partial charge in [0.05, 0.1) is 23.9 Å². The molecule has 0 unspecified atom stereocenters. The predicted octanol–water partition coefficient (Wildman–Crippen LogP) is 1.11. The molecule has 0 amide bonds. The molecule has 0 aliphatic carbocycles. The molecular formula is C13H14N2O3S. The van der Waals surface area contributed by atoms with Crippen molar-refractivity contribution in [2.75, 3.05) is 13.1 Å². The van der Waals surface area contributed by atoms with E-state index in [1.807, 2.05) is 6.07 Å². The smallest absolute Gasteiger partial charge is 0.243 e. The number of piperidine rings is 1. The van der Waals surface area contributed by atoms with Crippen molar-refractivity contribution in [3.05, 3.63) is 29.8 Å². The van der Waals surface area contributed by atoms with Crippen LogP contribution >= 0.6 is 0 Å². The van der Waals surface area contributed by atoms with Gasteiger partial charge in [-0.05, 0) is 24.1 Å². The van der Waals surface area contributed by atoms with E-state index in [9.17, 15) is 13.2 Å². The molecule has 1 aliphatic heterocycles. The summed E-state index contributed by atoms with van der Waals surface area (Å²) >= 11 is 0. The molecule has 1 aromatic rings. The first-order valence-corrected chi connectivity index (χ1v) is 7.46. The highest BCUT2D eigenvalue weighted by atomic mass is 32.2. The molecular weight excluding hydrogens is 264 g/mol. The molecule has 1 aromatic carbocycles. The number of carbonyl (C=O) groups is 1. The first-order valence-electron chi connectivity index (χ1n) is 6.02. The number of sulfonamides is 1. The molecule has 1 heterocycles. The summed E-state index contributed by atoms with van der Waals surface area (Å²) < 4.78 is 25.8. The van der Waals surface area contributed by atoms with Crippen LogP contribution < -0.4 is 0 Å². The zero-order valence-corrected chi connectivity index (χ0v) is 11.2. The van der Waals surface area contributed by atoms with Gasteiger partial charge in [-0.2, -0.15) is 9.57 Å². The standard InChI is InChI=1S/C13H14N2O3S/c14-8-7-11-3-5-13(6-4-11)19(17,18)15-9-1-2-12(16)10-15/h3-6H,1-2,7,9-10H2. The molecule has 0 atom stereocenters.